The largest absolute Gasteiger partial charge is 0.490 e. The zero-order valence-electron chi connectivity index (χ0n) is 12.2. The normalized spacial score (nSPS) is 11.2. The Bertz CT molecular complexity index is 597. The highest BCUT2D eigenvalue weighted by atomic mass is 35.5. The fraction of sp³-hybridized carbons (Fsp3) is 0.375. The molecule has 3 nitrogen and oxygen atoms in total. The SMILES string of the molecule is CC(C)Oc1ccccc1-c1ncnc(Cl)c1C(C)C. The Labute approximate surface area is 125 Å². The van der Waals surface area contributed by atoms with E-state index in [9.17, 15) is 0 Å². The van der Waals surface area contributed by atoms with E-state index in [0.29, 0.717) is 5.15 Å². The predicted octanol–water partition coefficient (Wildman–Crippen LogP) is 4.71. The molecule has 106 valence electrons. The Morgan fingerprint density at radius 3 is 2.40 bits per heavy atom. The summed E-state index contributed by atoms with van der Waals surface area (Å²) >= 11 is 6.24. The molecule has 20 heavy (non-hydrogen) atoms. The Hall–Kier alpha value is -1.61. The van der Waals surface area contributed by atoms with Crippen LogP contribution in [0.2, 0.25) is 5.15 Å². The van der Waals surface area contributed by atoms with Gasteiger partial charge in [-0.25, -0.2) is 9.97 Å². The number of nitrogens with zero attached hydrogens (tertiary/aromatic N) is 2. The molecule has 0 unspecified atom stereocenters. The standard InChI is InChI=1S/C16H19ClN2O/c1-10(2)14-15(18-9-19-16(14)17)12-7-5-6-8-13(12)20-11(3)4/h5-11H,1-4H3. The van der Waals surface area contributed by atoms with E-state index in [1.165, 1.54) is 6.33 Å². The molecule has 0 bridgehead atoms. The van der Waals surface area contributed by atoms with Gasteiger partial charge in [-0.15, -0.1) is 0 Å². The van der Waals surface area contributed by atoms with E-state index >= 15 is 0 Å². The quantitative estimate of drug-likeness (QED) is 0.765. The maximum absolute atomic E-state index is 6.24. The lowest BCUT2D eigenvalue weighted by atomic mass is 9.98. The van der Waals surface area contributed by atoms with E-state index in [1.807, 2.05) is 38.1 Å². The average Bonchev–Trinajstić information content (AvgIpc) is 2.38. The van der Waals surface area contributed by atoms with E-state index < -0.39 is 0 Å². The van der Waals surface area contributed by atoms with Crippen molar-refractivity contribution in [1.82, 2.24) is 9.97 Å². The van der Waals surface area contributed by atoms with Crippen LogP contribution >= 0.6 is 11.6 Å². The molecule has 0 spiro atoms. The van der Waals surface area contributed by atoms with Gasteiger partial charge in [-0.2, -0.15) is 0 Å². The Morgan fingerprint density at radius 1 is 1.05 bits per heavy atom. The fourth-order valence-corrected chi connectivity index (χ4v) is 2.47. The number of halogens is 1. The van der Waals surface area contributed by atoms with Crippen LogP contribution in [0.4, 0.5) is 0 Å². The zero-order valence-corrected chi connectivity index (χ0v) is 13.0. The second-order valence-electron chi connectivity index (χ2n) is 5.24. The molecule has 2 rings (SSSR count). The van der Waals surface area contributed by atoms with Crippen molar-refractivity contribution in [2.75, 3.05) is 0 Å². The van der Waals surface area contributed by atoms with Crippen LogP contribution in [-0.2, 0) is 0 Å². The van der Waals surface area contributed by atoms with Crippen LogP contribution in [0.1, 0.15) is 39.2 Å². The van der Waals surface area contributed by atoms with Crippen molar-refractivity contribution in [2.24, 2.45) is 0 Å². The maximum atomic E-state index is 6.24. The lowest BCUT2D eigenvalue weighted by molar-refractivity contribution is 0.243. The van der Waals surface area contributed by atoms with Gasteiger partial charge in [-0.1, -0.05) is 37.6 Å². The number of benzene rings is 1. The first kappa shape index (κ1) is 14.8. The Morgan fingerprint density at radius 2 is 1.75 bits per heavy atom. The van der Waals surface area contributed by atoms with Crippen molar-refractivity contribution in [3.8, 4) is 17.0 Å². The van der Waals surface area contributed by atoms with E-state index in [-0.39, 0.29) is 12.0 Å². The summed E-state index contributed by atoms with van der Waals surface area (Å²) in [6.45, 7) is 8.18. The van der Waals surface area contributed by atoms with Crippen LogP contribution in [-0.4, -0.2) is 16.1 Å². The van der Waals surface area contributed by atoms with Crippen LogP contribution in [0.5, 0.6) is 5.75 Å². The lowest BCUT2D eigenvalue weighted by Gasteiger charge is -2.17. The first-order chi connectivity index (χ1) is 9.50. The van der Waals surface area contributed by atoms with Crippen molar-refractivity contribution >= 4 is 11.6 Å². The highest BCUT2D eigenvalue weighted by Crippen LogP contribution is 2.36. The molecule has 0 aliphatic carbocycles. The first-order valence-electron chi connectivity index (χ1n) is 6.77. The van der Waals surface area contributed by atoms with Crippen LogP contribution in [0.3, 0.4) is 0 Å². The molecule has 0 aliphatic heterocycles. The minimum Gasteiger partial charge on any atom is -0.490 e. The molecule has 0 saturated carbocycles. The summed E-state index contributed by atoms with van der Waals surface area (Å²) < 4.78 is 5.87. The van der Waals surface area contributed by atoms with Crippen LogP contribution in [0.25, 0.3) is 11.3 Å². The lowest BCUT2D eigenvalue weighted by Crippen LogP contribution is -2.07. The van der Waals surface area contributed by atoms with Crippen molar-refractivity contribution in [2.45, 2.75) is 39.7 Å². The number of hydrogen-bond donors (Lipinski definition) is 0. The fourth-order valence-electron chi connectivity index (χ4n) is 2.12. The number of aromatic nitrogens is 2. The van der Waals surface area contributed by atoms with Gasteiger partial charge in [0.1, 0.15) is 17.2 Å². The summed E-state index contributed by atoms with van der Waals surface area (Å²) in [5, 5.41) is 0.504. The third-order valence-electron chi connectivity index (χ3n) is 2.92. The number of ether oxygens (including phenoxy) is 1. The highest BCUT2D eigenvalue weighted by molar-refractivity contribution is 6.30. The van der Waals surface area contributed by atoms with Crippen LogP contribution < -0.4 is 4.74 Å². The summed E-state index contributed by atoms with van der Waals surface area (Å²) in [6.07, 6.45) is 1.60. The highest BCUT2D eigenvalue weighted by Gasteiger charge is 2.18. The maximum Gasteiger partial charge on any atom is 0.136 e. The zero-order chi connectivity index (χ0) is 14.7. The van der Waals surface area contributed by atoms with Gasteiger partial charge in [-0.3, -0.25) is 0 Å². The average molecular weight is 291 g/mol. The summed E-state index contributed by atoms with van der Waals surface area (Å²) in [7, 11) is 0. The van der Waals surface area contributed by atoms with Gasteiger partial charge < -0.3 is 4.74 Å². The molecule has 0 N–H and O–H groups in total. The second-order valence-corrected chi connectivity index (χ2v) is 5.60. The Kier molecular flexibility index (Phi) is 4.61. The van der Waals surface area contributed by atoms with Crippen molar-refractivity contribution in [3.63, 3.8) is 0 Å². The molecule has 0 fully saturated rings. The number of para-hydroxylation sites is 1. The van der Waals surface area contributed by atoms with Gasteiger partial charge in [0.15, 0.2) is 0 Å². The summed E-state index contributed by atoms with van der Waals surface area (Å²) in [6, 6.07) is 7.89. The summed E-state index contributed by atoms with van der Waals surface area (Å²) in [5.41, 5.74) is 2.75. The number of hydrogen-bond acceptors (Lipinski definition) is 3. The Balaban J connectivity index is 2.60. The monoisotopic (exact) mass is 290 g/mol. The molecular weight excluding hydrogens is 272 g/mol. The number of rotatable bonds is 4. The topological polar surface area (TPSA) is 35.0 Å². The molecule has 4 heteroatoms. The predicted molar refractivity (Wildman–Crippen MR) is 82.3 cm³/mol. The molecule has 0 atom stereocenters. The minimum absolute atomic E-state index is 0.107. The summed E-state index contributed by atoms with van der Waals surface area (Å²) in [5.74, 6) is 1.06. The van der Waals surface area contributed by atoms with E-state index in [2.05, 4.69) is 23.8 Å². The molecule has 2 aromatic rings. The van der Waals surface area contributed by atoms with Gasteiger partial charge >= 0.3 is 0 Å². The van der Waals surface area contributed by atoms with Crippen molar-refractivity contribution in [3.05, 3.63) is 41.3 Å². The molecule has 0 aliphatic rings. The van der Waals surface area contributed by atoms with Gasteiger partial charge in [0.25, 0.3) is 0 Å². The third-order valence-corrected chi connectivity index (χ3v) is 3.22. The molecule has 1 heterocycles. The third kappa shape index (κ3) is 3.10. The first-order valence-corrected chi connectivity index (χ1v) is 7.15. The van der Waals surface area contributed by atoms with Crippen LogP contribution in [0, 0.1) is 0 Å². The molecule has 1 aromatic heterocycles. The summed E-state index contributed by atoms with van der Waals surface area (Å²) in [4.78, 5) is 8.51. The molecule has 1 aromatic carbocycles. The molecular formula is C16H19ClN2O. The van der Waals surface area contributed by atoms with Gasteiger partial charge in [0.05, 0.1) is 11.8 Å². The van der Waals surface area contributed by atoms with E-state index in [4.69, 9.17) is 16.3 Å². The minimum atomic E-state index is 0.107. The van der Waals surface area contributed by atoms with Crippen molar-refractivity contribution < 1.29 is 4.74 Å². The molecule has 0 amide bonds. The van der Waals surface area contributed by atoms with Gasteiger partial charge in [0.2, 0.25) is 0 Å². The molecule has 0 radical (unpaired) electrons. The smallest absolute Gasteiger partial charge is 0.136 e. The van der Waals surface area contributed by atoms with Crippen LogP contribution in [0.15, 0.2) is 30.6 Å². The van der Waals surface area contributed by atoms with E-state index in [0.717, 1.165) is 22.6 Å². The molecule has 0 saturated heterocycles. The van der Waals surface area contributed by atoms with E-state index in [1.54, 1.807) is 0 Å². The van der Waals surface area contributed by atoms with Crippen molar-refractivity contribution in [1.29, 1.82) is 0 Å². The second kappa shape index (κ2) is 6.23. The van der Waals surface area contributed by atoms with Gasteiger partial charge in [0, 0.05) is 11.1 Å². The van der Waals surface area contributed by atoms with Gasteiger partial charge in [-0.05, 0) is 31.9 Å².